The Morgan fingerprint density at radius 2 is 2.05 bits per heavy atom. The van der Waals surface area contributed by atoms with E-state index in [1.54, 1.807) is 0 Å². The van der Waals surface area contributed by atoms with Crippen molar-refractivity contribution in [3.05, 3.63) is 36.4 Å². The van der Waals surface area contributed by atoms with Crippen LogP contribution in [-0.4, -0.2) is 37.6 Å². The van der Waals surface area contributed by atoms with Gasteiger partial charge < -0.3 is 20.1 Å². The largest absolute Gasteiger partial charge is 0.486 e. The molecule has 1 atom stereocenters. The zero-order valence-electron chi connectivity index (χ0n) is 12.6. The second kappa shape index (κ2) is 7.49. The molecule has 1 aliphatic rings. The van der Waals surface area contributed by atoms with Gasteiger partial charge in [-0.1, -0.05) is 12.6 Å². The van der Waals surface area contributed by atoms with Crippen molar-refractivity contribution in [3.63, 3.8) is 0 Å². The summed E-state index contributed by atoms with van der Waals surface area (Å²) in [6, 6.07) is 5.70. The summed E-state index contributed by atoms with van der Waals surface area (Å²) in [5, 5.41) is 5.26. The van der Waals surface area contributed by atoms with Crippen LogP contribution in [0.15, 0.2) is 30.9 Å². The molecule has 0 bridgehead atoms. The van der Waals surface area contributed by atoms with E-state index in [2.05, 4.69) is 17.2 Å². The molecule has 2 rings (SSSR count). The summed E-state index contributed by atoms with van der Waals surface area (Å²) in [5.41, 5.74) is 1.05. The molecule has 0 saturated heterocycles. The number of carbonyl (C=O) groups is 2. The van der Waals surface area contributed by atoms with Crippen LogP contribution in [0.4, 0.5) is 0 Å². The van der Waals surface area contributed by atoms with Gasteiger partial charge in [-0.05, 0) is 37.1 Å². The third kappa shape index (κ3) is 4.51. The van der Waals surface area contributed by atoms with E-state index in [4.69, 9.17) is 9.47 Å². The molecule has 1 heterocycles. The highest BCUT2D eigenvalue weighted by molar-refractivity contribution is 5.90. The van der Waals surface area contributed by atoms with E-state index in [0.29, 0.717) is 19.6 Å². The zero-order chi connectivity index (χ0) is 15.9. The number of fused-ring (bicyclic) bond motifs is 1. The highest BCUT2D eigenvalue weighted by atomic mass is 16.6. The van der Waals surface area contributed by atoms with Gasteiger partial charge in [0.05, 0.1) is 6.54 Å². The average Bonchev–Trinajstić information content (AvgIpc) is 2.52. The summed E-state index contributed by atoms with van der Waals surface area (Å²) in [6.45, 7) is 6.28. The second-order valence-electron chi connectivity index (χ2n) is 5.07. The highest BCUT2D eigenvalue weighted by Gasteiger charge is 2.14. The molecule has 2 N–H and O–H groups in total. The van der Waals surface area contributed by atoms with Crippen molar-refractivity contribution < 1.29 is 19.1 Å². The highest BCUT2D eigenvalue weighted by Crippen LogP contribution is 2.30. The van der Waals surface area contributed by atoms with E-state index >= 15 is 0 Å². The third-order valence-electron chi connectivity index (χ3n) is 3.16. The van der Waals surface area contributed by atoms with Crippen molar-refractivity contribution in [3.8, 4) is 11.5 Å². The molecule has 118 valence electrons. The maximum absolute atomic E-state index is 11.7. The van der Waals surface area contributed by atoms with E-state index in [0.717, 1.165) is 23.1 Å². The van der Waals surface area contributed by atoms with Crippen LogP contribution in [0, 0.1) is 0 Å². The van der Waals surface area contributed by atoms with Gasteiger partial charge in [-0.15, -0.1) is 0 Å². The fourth-order valence-electron chi connectivity index (χ4n) is 2.18. The molecular weight excluding hydrogens is 284 g/mol. The molecule has 6 nitrogen and oxygen atoms in total. The van der Waals surface area contributed by atoms with Gasteiger partial charge in [0.2, 0.25) is 11.8 Å². The minimum atomic E-state index is -0.366. The zero-order valence-corrected chi connectivity index (χ0v) is 12.6. The van der Waals surface area contributed by atoms with E-state index in [1.165, 1.54) is 0 Å². The summed E-state index contributed by atoms with van der Waals surface area (Å²) in [4.78, 5) is 22.7. The Bertz CT molecular complexity index is 571. The lowest BCUT2D eigenvalue weighted by Crippen LogP contribution is -2.41. The van der Waals surface area contributed by atoms with Crippen LogP contribution in [0.2, 0.25) is 0 Å². The van der Waals surface area contributed by atoms with Gasteiger partial charge >= 0.3 is 0 Å². The van der Waals surface area contributed by atoms with Crippen molar-refractivity contribution in [1.29, 1.82) is 0 Å². The summed E-state index contributed by atoms with van der Waals surface area (Å²) in [7, 11) is 0. The van der Waals surface area contributed by atoms with Crippen LogP contribution in [0.25, 0.3) is 0 Å². The number of hydrogen-bond acceptors (Lipinski definition) is 4. The van der Waals surface area contributed by atoms with E-state index in [-0.39, 0.29) is 24.4 Å². The first-order valence-corrected chi connectivity index (χ1v) is 7.16. The first-order valence-electron chi connectivity index (χ1n) is 7.16. The first kappa shape index (κ1) is 15.9. The maximum atomic E-state index is 11.7. The van der Waals surface area contributed by atoms with Crippen LogP contribution in [0.5, 0.6) is 11.5 Å². The Morgan fingerprint density at radius 3 is 2.77 bits per heavy atom. The Hall–Kier alpha value is -2.50. The van der Waals surface area contributed by atoms with Crippen LogP contribution in [-0.2, 0) is 16.0 Å². The molecule has 0 unspecified atom stereocenters. The van der Waals surface area contributed by atoms with Crippen molar-refractivity contribution in [2.45, 2.75) is 19.4 Å². The molecule has 0 saturated carbocycles. The molecular formula is C16H20N2O4. The van der Waals surface area contributed by atoms with E-state index in [1.807, 2.05) is 25.1 Å². The van der Waals surface area contributed by atoms with Crippen LogP contribution in [0.3, 0.4) is 0 Å². The number of benzene rings is 1. The number of nitrogens with one attached hydrogen (secondary N) is 2. The van der Waals surface area contributed by atoms with Crippen LogP contribution < -0.4 is 20.1 Å². The SMILES string of the molecule is C=CC(=O)NCC(=O)N[C@H](C)Cc1ccc2c(c1)OCCO2. The topological polar surface area (TPSA) is 76.7 Å². The summed E-state index contributed by atoms with van der Waals surface area (Å²) < 4.78 is 11.0. The van der Waals surface area contributed by atoms with Crippen LogP contribution in [0.1, 0.15) is 12.5 Å². The molecule has 1 aliphatic heterocycles. The molecule has 0 aromatic heterocycles. The number of hydrogen-bond donors (Lipinski definition) is 2. The molecule has 1 aromatic rings. The number of amides is 2. The van der Waals surface area contributed by atoms with Crippen molar-refractivity contribution in [2.75, 3.05) is 19.8 Å². The molecule has 0 aliphatic carbocycles. The number of rotatable bonds is 6. The number of carbonyl (C=O) groups excluding carboxylic acids is 2. The fraction of sp³-hybridized carbons (Fsp3) is 0.375. The Balaban J connectivity index is 1.83. The maximum Gasteiger partial charge on any atom is 0.243 e. The smallest absolute Gasteiger partial charge is 0.243 e. The van der Waals surface area contributed by atoms with Gasteiger partial charge in [-0.3, -0.25) is 9.59 Å². The predicted octanol–water partition coefficient (Wildman–Crippen LogP) is 0.807. The average molecular weight is 304 g/mol. The van der Waals surface area contributed by atoms with Gasteiger partial charge in [-0.2, -0.15) is 0 Å². The lowest BCUT2D eigenvalue weighted by molar-refractivity contribution is -0.124. The first-order chi connectivity index (χ1) is 10.6. The van der Waals surface area contributed by atoms with Crippen molar-refractivity contribution in [2.24, 2.45) is 0 Å². The minimum absolute atomic E-state index is 0.0592. The summed E-state index contributed by atoms with van der Waals surface area (Å²) >= 11 is 0. The van der Waals surface area contributed by atoms with E-state index < -0.39 is 0 Å². The standard InChI is InChI=1S/C16H20N2O4/c1-3-15(19)17-10-16(20)18-11(2)8-12-4-5-13-14(9-12)22-7-6-21-13/h3-5,9,11H,1,6-8,10H2,2H3,(H,17,19)(H,18,20)/t11-/m1/s1. The Kier molecular flexibility index (Phi) is 5.41. The fourth-order valence-corrected chi connectivity index (χ4v) is 2.18. The van der Waals surface area contributed by atoms with Gasteiger partial charge in [0.1, 0.15) is 13.2 Å². The molecule has 0 radical (unpaired) electrons. The van der Waals surface area contributed by atoms with Crippen molar-refractivity contribution >= 4 is 11.8 Å². The van der Waals surface area contributed by atoms with Gasteiger partial charge in [-0.25, -0.2) is 0 Å². The summed E-state index contributed by atoms with van der Waals surface area (Å²) in [6.07, 6.45) is 1.80. The van der Waals surface area contributed by atoms with Crippen LogP contribution >= 0.6 is 0 Å². The molecule has 1 aromatic carbocycles. The minimum Gasteiger partial charge on any atom is -0.486 e. The third-order valence-corrected chi connectivity index (χ3v) is 3.16. The Labute approximate surface area is 129 Å². The quantitative estimate of drug-likeness (QED) is 0.763. The monoisotopic (exact) mass is 304 g/mol. The second-order valence-corrected chi connectivity index (χ2v) is 5.07. The van der Waals surface area contributed by atoms with Gasteiger partial charge in [0.25, 0.3) is 0 Å². The normalized spacial score (nSPS) is 13.9. The van der Waals surface area contributed by atoms with Gasteiger partial charge in [0.15, 0.2) is 11.5 Å². The molecule has 2 amide bonds. The molecule has 6 heteroatoms. The Morgan fingerprint density at radius 1 is 1.32 bits per heavy atom. The van der Waals surface area contributed by atoms with Crippen molar-refractivity contribution in [1.82, 2.24) is 10.6 Å². The summed E-state index contributed by atoms with van der Waals surface area (Å²) in [5.74, 6) is 0.884. The molecule has 0 spiro atoms. The molecule has 0 fully saturated rings. The molecule has 22 heavy (non-hydrogen) atoms. The lowest BCUT2D eigenvalue weighted by Gasteiger charge is -2.20. The van der Waals surface area contributed by atoms with Gasteiger partial charge in [0, 0.05) is 6.04 Å². The van der Waals surface area contributed by atoms with E-state index in [9.17, 15) is 9.59 Å². The lowest BCUT2D eigenvalue weighted by atomic mass is 10.1. The number of ether oxygens (including phenoxy) is 2. The predicted molar refractivity (Wildman–Crippen MR) is 81.9 cm³/mol.